The molecule has 3 N–H and O–H groups in total. The number of anilines is 1. The second kappa shape index (κ2) is 7.32. The van der Waals surface area contributed by atoms with Gasteiger partial charge in [-0.2, -0.15) is 0 Å². The molecule has 2 aromatic rings. The van der Waals surface area contributed by atoms with Gasteiger partial charge in [0.05, 0.1) is 24.3 Å². The number of phenols is 2. The van der Waals surface area contributed by atoms with Gasteiger partial charge < -0.3 is 20.1 Å². The number of hydrogen-bond acceptors (Lipinski definition) is 7. The first kappa shape index (κ1) is 19.4. The van der Waals surface area contributed by atoms with Crippen molar-refractivity contribution in [3.05, 3.63) is 53.6 Å². The largest absolute Gasteiger partial charge is 0.508 e. The highest BCUT2D eigenvalue weighted by Gasteiger charge is 2.51. The van der Waals surface area contributed by atoms with Crippen LogP contribution in [0.1, 0.15) is 29.3 Å². The van der Waals surface area contributed by atoms with Gasteiger partial charge in [-0.1, -0.05) is 18.2 Å². The number of phenolic OH excluding ortho intramolecular Hbond substituents is 2. The lowest BCUT2D eigenvalue weighted by Gasteiger charge is -2.22. The third-order valence-electron chi connectivity index (χ3n) is 4.53. The van der Waals surface area contributed by atoms with Gasteiger partial charge in [0.15, 0.2) is 11.4 Å². The van der Waals surface area contributed by atoms with E-state index in [1.165, 1.54) is 12.1 Å². The Morgan fingerprint density at radius 3 is 2.57 bits per heavy atom. The van der Waals surface area contributed by atoms with Crippen LogP contribution in [0.5, 0.6) is 11.5 Å². The zero-order chi connectivity index (χ0) is 20.5. The van der Waals surface area contributed by atoms with Crippen molar-refractivity contribution < 1.29 is 34.4 Å². The first-order valence-electron chi connectivity index (χ1n) is 8.62. The molecule has 0 bridgehead atoms. The molecule has 0 spiro atoms. The fraction of sp³-hybridized carbons (Fsp3) is 0.250. The van der Waals surface area contributed by atoms with Gasteiger partial charge in [-0.25, -0.2) is 0 Å². The zero-order valence-electron chi connectivity index (χ0n) is 15.1. The standard InChI is InChI=1S/C20H19NO7/c1-2-28-18(25)11-21-15-6-4-3-5-14(15)20(27,19(21)26)10-17(24)13-9-12(22)7-8-16(13)23/h3-9,22-23,27H,2,10-11H2,1H3/t20-/m0/s1. The summed E-state index contributed by atoms with van der Waals surface area (Å²) in [7, 11) is 0. The minimum Gasteiger partial charge on any atom is -0.508 e. The number of benzene rings is 2. The van der Waals surface area contributed by atoms with E-state index in [2.05, 4.69) is 0 Å². The van der Waals surface area contributed by atoms with Gasteiger partial charge >= 0.3 is 5.97 Å². The Morgan fingerprint density at radius 1 is 1.14 bits per heavy atom. The van der Waals surface area contributed by atoms with Crippen LogP contribution in [0.3, 0.4) is 0 Å². The molecule has 1 amide bonds. The van der Waals surface area contributed by atoms with Gasteiger partial charge in [0.2, 0.25) is 0 Å². The Bertz CT molecular complexity index is 955. The first-order chi connectivity index (χ1) is 13.3. The minimum atomic E-state index is -2.21. The van der Waals surface area contributed by atoms with Crippen molar-refractivity contribution in [1.82, 2.24) is 0 Å². The Kier molecular flexibility index (Phi) is 5.06. The molecule has 0 aliphatic carbocycles. The molecule has 1 atom stereocenters. The molecule has 0 radical (unpaired) electrons. The summed E-state index contributed by atoms with van der Waals surface area (Å²) >= 11 is 0. The SMILES string of the molecule is CCOC(=O)CN1C(=O)[C@](O)(CC(=O)c2cc(O)ccc2O)c2ccccc21. The maximum atomic E-state index is 12.9. The lowest BCUT2D eigenvalue weighted by molar-refractivity contribution is -0.144. The van der Waals surface area contributed by atoms with Gasteiger partial charge in [-0.15, -0.1) is 0 Å². The predicted molar refractivity (Wildman–Crippen MR) is 98.0 cm³/mol. The van der Waals surface area contributed by atoms with Gasteiger partial charge in [0.1, 0.15) is 18.0 Å². The maximum Gasteiger partial charge on any atom is 0.326 e. The van der Waals surface area contributed by atoms with Gasteiger partial charge in [0, 0.05) is 5.56 Å². The molecule has 0 fully saturated rings. The molecule has 1 aliphatic rings. The number of aliphatic hydroxyl groups is 1. The Labute approximate surface area is 160 Å². The summed E-state index contributed by atoms with van der Waals surface area (Å²) in [4.78, 5) is 38.6. The molecule has 2 aromatic carbocycles. The van der Waals surface area contributed by atoms with E-state index >= 15 is 0 Å². The molecule has 8 nitrogen and oxygen atoms in total. The molecule has 146 valence electrons. The number of hydrogen-bond donors (Lipinski definition) is 3. The van der Waals surface area contributed by atoms with Crippen molar-refractivity contribution in [3.8, 4) is 11.5 Å². The third kappa shape index (κ3) is 3.29. The number of esters is 1. The Morgan fingerprint density at radius 2 is 1.86 bits per heavy atom. The molecule has 1 heterocycles. The highest BCUT2D eigenvalue weighted by atomic mass is 16.5. The number of rotatable bonds is 6. The van der Waals surface area contributed by atoms with E-state index in [9.17, 15) is 29.7 Å². The molecule has 1 aliphatic heterocycles. The maximum absolute atomic E-state index is 12.9. The van der Waals surface area contributed by atoms with Gasteiger partial charge in [0.25, 0.3) is 5.91 Å². The molecule has 0 aromatic heterocycles. The number of aromatic hydroxyl groups is 2. The highest BCUT2D eigenvalue weighted by molar-refractivity contribution is 6.12. The fourth-order valence-corrected chi connectivity index (χ4v) is 3.25. The lowest BCUT2D eigenvalue weighted by atomic mass is 9.88. The monoisotopic (exact) mass is 385 g/mol. The number of carbonyl (C=O) groups excluding carboxylic acids is 3. The Balaban J connectivity index is 1.96. The van der Waals surface area contributed by atoms with Crippen LogP contribution in [0.25, 0.3) is 0 Å². The number of carbonyl (C=O) groups is 3. The Hall–Kier alpha value is -3.39. The van der Waals surface area contributed by atoms with Crippen LogP contribution in [0.4, 0.5) is 5.69 Å². The van der Waals surface area contributed by atoms with Crippen molar-refractivity contribution in [2.24, 2.45) is 0 Å². The smallest absolute Gasteiger partial charge is 0.326 e. The molecule has 0 unspecified atom stereocenters. The second-order valence-corrected chi connectivity index (χ2v) is 6.38. The second-order valence-electron chi connectivity index (χ2n) is 6.38. The summed E-state index contributed by atoms with van der Waals surface area (Å²) in [5.41, 5.74) is -1.95. The molecular weight excluding hydrogens is 366 g/mol. The summed E-state index contributed by atoms with van der Waals surface area (Å²) in [6.07, 6.45) is -0.667. The van der Waals surface area contributed by atoms with Crippen LogP contribution in [0.2, 0.25) is 0 Å². The molecule has 0 saturated carbocycles. The quantitative estimate of drug-likeness (QED) is 0.391. The first-order valence-corrected chi connectivity index (χ1v) is 8.62. The van der Waals surface area contributed by atoms with E-state index in [0.717, 1.165) is 17.0 Å². The van der Waals surface area contributed by atoms with Crippen LogP contribution in [-0.2, 0) is 19.9 Å². The van der Waals surface area contributed by atoms with E-state index in [4.69, 9.17) is 4.74 Å². The molecule has 0 saturated heterocycles. The number of para-hydroxylation sites is 1. The highest BCUT2D eigenvalue weighted by Crippen LogP contribution is 2.43. The van der Waals surface area contributed by atoms with Crippen LogP contribution in [0, 0.1) is 0 Å². The molecular formula is C20H19NO7. The predicted octanol–water partition coefficient (Wildman–Crippen LogP) is 1.47. The summed E-state index contributed by atoms with van der Waals surface area (Å²) in [5, 5.41) is 30.6. The van der Waals surface area contributed by atoms with E-state index in [1.54, 1.807) is 25.1 Å². The number of ether oxygens (including phenoxy) is 1. The average molecular weight is 385 g/mol. The summed E-state index contributed by atoms with van der Waals surface area (Å²) in [5.74, 6) is -2.85. The molecule has 28 heavy (non-hydrogen) atoms. The average Bonchev–Trinajstić information content (AvgIpc) is 2.86. The summed E-state index contributed by atoms with van der Waals surface area (Å²) < 4.78 is 4.87. The number of nitrogens with zero attached hydrogens (tertiary/aromatic N) is 1. The number of Topliss-reactive ketones (excluding diaryl/α,β-unsaturated/α-hetero) is 1. The van der Waals surface area contributed by atoms with Crippen molar-refractivity contribution in [3.63, 3.8) is 0 Å². The molecule has 3 rings (SSSR count). The zero-order valence-corrected chi connectivity index (χ0v) is 15.1. The van der Waals surface area contributed by atoms with Crippen molar-refractivity contribution in [2.75, 3.05) is 18.1 Å². The topological polar surface area (TPSA) is 124 Å². The summed E-state index contributed by atoms with van der Waals surface area (Å²) in [6, 6.07) is 9.69. The number of ketones is 1. The van der Waals surface area contributed by atoms with E-state index in [1.807, 2.05) is 0 Å². The van der Waals surface area contributed by atoms with Crippen LogP contribution >= 0.6 is 0 Å². The summed E-state index contributed by atoms with van der Waals surface area (Å²) in [6.45, 7) is 1.37. The minimum absolute atomic E-state index is 0.141. The third-order valence-corrected chi connectivity index (χ3v) is 4.53. The van der Waals surface area contributed by atoms with Crippen molar-refractivity contribution in [1.29, 1.82) is 0 Å². The van der Waals surface area contributed by atoms with Gasteiger partial charge in [-0.05, 0) is 31.2 Å². The van der Waals surface area contributed by atoms with Crippen LogP contribution in [-0.4, -0.2) is 46.1 Å². The normalized spacial score (nSPS) is 18.1. The van der Waals surface area contributed by atoms with Gasteiger partial charge in [-0.3, -0.25) is 19.3 Å². The molecule has 8 heteroatoms. The fourth-order valence-electron chi connectivity index (χ4n) is 3.25. The van der Waals surface area contributed by atoms with E-state index < -0.39 is 36.2 Å². The van der Waals surface area contributed by atoms with Crippen molar-refractivity contribution >= 4 is 23.3 Å². The van der Waals surface area contributed by atoms with Crippen LogP contribution in [0.15, 0.2) is 42.5 Å². The number of fused-ring (bicyclic) bond motifs is 1. The van der Waals surface area contributed by atoms with E-state index in [-0.39, 0.29) is 29.2 Å². The van der Waals surface area contributed by atoms with E-state index in [0.29, 0.717) is 5.69 Å². The number of amides is 1. The van der Waals surface area contributed by atoms with Crippen LogP contribution < -0.4 is 4.90 Å². The van der Waals surface area contributed by atoms with Crippen molar-refractivity contribution in [2.45, 2.75) is 18.9 Å². The lowest BCUT2D eigenvalue weighted by Crippen LogP contribution is -2.44.